The van der Waals surface area contributed by atoms with Crippen LogP contribution in [0, 0.1) is 0 Å². The predicted octanol–water partition coefficient (Wildman–Crippen LogP) is 2.84. The Morgan fingerprint density at radius 3 is 2.61 bits per heavy atom. The van der Waals surface area contributed by atoms with Gasteiger partial charge in [0.2, 0.25) is 10.0 Å². The van der Waals surface area contributed by atoms with Gasteiger partial charge in [0.15, 0.2) is 0 Å². The number of rotatable bonds is 8. The maximum atomic E-state index is 12.1. The topological polar surface area (TPSA) is 58.6 Å². The van der Waals surface area contributed by atoms with Crippen molar-refractivity contribution in [2.45, 2.75) is 44.7 Å². The molecule has 23 heavy (non-hydrogen) atoms. The molecule has 0 bridgehead atoms. The molecule has 1 fully saturated rings. The van der Waals surface area contributed by atoms with Gasteiger partial charge in [-0.3, -0.25) is 9.62 Å². The van der Waals surface area contributed by atoms with E-state index >= 15 is 0 Å². The van der Waals surface area contributed by atoms with Crippen molar-refractivity contribution in [3.8, 4) is 0 Å². The summed E-state index contributed by atoms with van der Waals surface area (Å²) in [7, 11) is 0.260. The Bertz CT molecular complexity index is 583. The Balaban J connectivity index is 2.04. The highest BCUT2D eigenvalue weighted by Gasteiger charge is 2.19. The van der Waals surface area contributed by atoms with Crippen LogP contribution in [0.3, 0.4) is 0 Å². The van der Waals surface area contributed by atoms with E-state index in [-0.39, 0.29) is 12.4 Å². The molecule has 1 aromatic rings. The summed E-state index contributed by atoms with van der Waals surface area (Å²) in [6.45, 7) is 0.952. The second-order valence-electron chi connectivity index (χ2n) is 6.28. The van der Waals surface area contributed by atoms with Crippen LogP contribution >= 0.6 is 0 Å². The van der Waals surface area contributed by atoms with E-state index in [4.69, 9.17) is 4.74 Å². The fraction of sp³-hybridized carbons (Fsp3) is 0.647. The lowest BCUT2D eigenvalue weighted by atomic mass is 9.94. The molecule has 1 aliphatic carbocycles. The quantitative estimate of drug-likeness (QED) is 0.790. The summed E-state index contributed by atoms with van der Waals surface area (Å²) in [5.74, 6) is -0.0314. The zero-order valence-electron chi connectivity index (χ0n) is 14.1. The second kappa shape index (κ2) is 8.66. The molecule has 0 aliphatic heterocycles. The monoisotopic (exact) mass is 340 g/mol. The number of nitrogens with one attached hydrogen (secondary N) is 1. The standard InChI is InChI=1S/C17H28N2O3S/c1-19(16-9-4-3-5-10-16)14-15-8-6-7-11-17(15)18-23(20,21)13-12-22-2/h6-8,11,16,18H,3-5,9-10,12-14H2,1-2H3. The van der Waals surface area contributed by atoms with Crippen LogP contribution in [-0.4, -0.2) is 45.9 Å². The number of hydrogen-bond donors (Lipinski definition) is 1. The maximum Gasteiger partial charge on any atom is 0.235 e. The Labute approximate surface area is 140 Å². The third-order valence-corrected chi connectivity index (χ3v) is 5.69. The molecule has 130 valence electrons. The van der Waals surface area contributed by atoms with Crippen molar-refractivity contribution >= 4 is 15.7 Å². The highest BCUT2D eigenvalue weighted by atomic mass is 32.2. The van der Waals surface area contributed by atoms with Gasteiger partial charge in [-0.05, 0) is 31.5 Å². The minimum Gasteiger partial charge on any atom is -0.384 e. The van der Waals surface area contributed by atoms with Crippen molar-refractivity contribution in [1.82, 2.24) is 4.90 Å². The molecular formula is C17H28N2O3S. The second-order valence-corrected chi connectivity index (χ2v) is 8.12. The molecule has 0 heterocycles. The number of hydrogen-bond acceptors (Lipinski definition) is 4. The van der Waals surface area contributed by atoms with E-state index in [1.54, 1.807) is 0 Å². The molecule has 0 aromatic heterocycles. The predicted molar refractivity (Wildman–Crippen MR) is 94.1 cm³/mol. The fourth-order valence-electron chi connectivity index (χ4n) is 3.09. The molecule has 1 aliphatic rings. The van der Waals surface area contributed by atoms with E-state index < -0.39 is 10.0 Å². The smallest absolute Gasteiger partial charge is 0.235 e. The summed E-state index contributed by atoms with van der Waals surface area (Å²) in [6.07, 6.45) is 6.39. The molecule has 2 rings (SSSR count). The zero-order valence-corrected chi connectivity index (χ0v) is 14.9. The van der Waals surface area contributed by atoms with Gasteiger partial charge in [-0.25, -0.2) is 8.42 Å². The number of ether oxygens (including phenoxy) is 1. The first-order valence-electron chi connectivity index (χ1n) is 8.29. The Hall–Kier alpha value is -1.11. The molecule has 1 N–H and O–H groups in total. The summed E-state index contributed by atoms with van der Waals surface area (Å²) in [4.78, 5) is 2.35. The summed E-state index contributed by atoms with van der Waals surface area (Å²) in [6, 6.07) is 8.24. The number of benzene rings is 1. The molecule has 1 aromatic carbocycles. The first-order chi connectivity index (χ1) is 11.0. The van der Waals surface area contributed by atoms with Crippen molar-refractivity contribution in [1.29, 1.82) is 0 Å². The highest BCUT2D eigenvalue weighted by molar-refractivity contribution is 7.92. The first-order valence-corrected chi connectivity index (χ1v) is 9.94. The van der Waals surface area contributed by atoms with Crippen LogP contribution in [0.25, 0.3) is 0 Å². The lowest BCUT2D eigenvalue weighted by molar-refractivity contribution is 0.185. The van der Waals surface area contributed by atoms with Crippen LogP contribution < -0.4 is 4.72 Å². The highest BCUT2D eigenvalue weighted by Crippen LogP contribution is 2.25. The third kappa shape index (κ3) is 5.79. The Morgan fingerprint density at radius 1 is 1.22 bits per heavy atom. The minimum absolute atomic E-state index is 0.0314. The molecule has 6 heteroatoms. The van der Waals surface area contributed by atoms with Gasteiger partial charge in [0.05, 0.1) is 18.0 Å². The van der Waals surface area contributed by atoms with Gasteiger partial charge in [-0.2, -0.15) is 0 Å². The summed E-state index contributed by atoms with van der Waals surface area (Å²) in [5, 5.41) is 0. The van der Waals surface area contributed by atoms with Crippen molar-refractivity contribution in [3.63, 3.8) is 0 Å². The average Bonchev–Trinajstić information content (AvgIpc) is 2.55. The van der Waals surface area contributed by atoms with Gasteiger partial charge in [0.1, 0.15) is 0 Å². The third-order valence-electron chi connectivity index (χ3n) is 4.46. The number of anilines is 1. The van der Waals surface area contributed by atoms with Gasteiger partial charge >= 0.3 is 0 Å². The molecule has 5 nitrogen and oxygen atoms in total. The van der Waals surface area contributed by atoms with E-state index in [0.29, 0.717) is 11.7 Å². The van der Waals surface area contributed by atoms with Crippen LogP contribution in [-0.2, 0) is 21.3 Å². The van der Waals surface area contributed by atoms with E-state index in [1.807, 2.05) is 24.3 Å². The number of para-hydroxylation sites is 1. The minimum atomic E-state index is -3.37. The zero-order chi connectivity index (χ0) is 16.7. The molecule has 0 unspecified atom stereocenters. The largest absolute Gasteiger partial charge is 0.384 e. The SMILES string of the molecule is COCCS(=O)(=O)Nc1ccccc1CN(C)C1CCCCC1. The fourth-order valence-corrected chi connectivity index (χ4v) is 4.11. The van der Waals surface area contributed by atoms with E-state index in [2.05, 4.69) is 16.7 Å². The van der Waals surface area contributed by atoms with Gasteiger partial charge in [-0.15, -0.1) is 0 Å². The molecule has 0 saturated heterocycles. The van der Waals surface area contributed by atoms with E-state index in [1.165, 1.54) is 39.2 Å². The van der Waals surface area contributed by atoms with E-state index in [9.17, 15) is 8.42 Å². The summed E-state index contributed by atoms with van der Waals surface area (Å²) >= 11 is 0. The number of nitrogens with zero attached hydrogens (tertiary/aromatic N) is 1. The normalized spacial score (nSPS) is 16.7. The molecule has 1 saturated carbocycles. The van der Waals surface area contributed by atoms with Crippen molar-refractivity contribution < 1.29 is 13.2 Å². The van der Waals surface area contributed by atoms with Gasteiger partial charge < -0.3 is 4.74 Å². The van der Waals surface area contributed by atoms with Crippen LogP contribution in [0.2, 0.25) is 0 Å². The molecule has 0 amide bonds. The Morgan fingerprint density at radius 2 is 1.91 bits per heavy atom. The first kappa shape index (κ1) is 18.2. The lowest BCUT2D eigenvalue weighted by Crippen LogP contribution is -2.33. The van der Waals surface area contributed by atoms with Gasteiger partial charge in [0.25, 0.3) is 0 Å². The van der Waals surface area contributed by atoms with Gasteiger partial charge in [-0.1, -0.05) is 37.5 Å². The molecule has 0 atom stereocenters. The van der Waals surface area contributed by atoms with Crippen LogP contribution in [0.4, 0.5) is 5.69 Å². The van der Waals surface area contributed by atoms with Crippen LogP contribution in [0.15, 0.2) is 24.3 Å². The summed E-state index contributed by atoms with van der Waals surface area (Å²) < 4.78 is 31.7. The van der Waals surface area contributed by atoms with Gasteiger partial charge in [0, 0.05) is 19.7 Å². The average molecular weight is 340 g/mol. The maximum absolute atomic E-state index is 12.1. The van der Waals surface area contributed by atoms with Crippen molar-refractivity contribution in [2.75, 3.05) is 31.2 Å². The Kier molecular flexibility index (Phi) is 6.87. The van der Waals surface area contributed by atoms with E-state index in [0.717, 1.165) is 12.1 Å². The van der Waals surface area contributed by atoms with Crippen molar-refractivity contribution in [3.05, 3.63) is 29.8 Å². The van der Waals surface area contributed by atoms with Crippen molar-refractivity contribution in [2.24, 2.45) is 0 Å². The lowest BCUT2D eigenvalue weighted by Gasteiger charge is -2.31. The molecular weight excluding hydrogens is 312 g/mol. The van der Waals surface area contributed by atoms with Crippen LogP contribution in [0.5, 0.6) is 0 Å². The summed E-state index contributed by atoms with van der Waals surface area (Å²) in [5.41, 5.74) is 1.69. The molecule has 0 radical (unpaired) electrons. The number of methoxy groups -OCH3 is 1. The molecule has 0 spiro atoms. The van der Waals surface area contributed by atoms with Crippen LogP contribution in [0.1, 0.15) is 37.7 Å². The number of sulfonamides is 1.